The predicted octanol–water partition coefficient (Wildman–Crippen LogP) is 2.62. The van der Waals surface area contributed by atoms with Gasteiger partial charge in [0.1, 0.15) is 11.9 Å². The van der Waals surface area contributed by atoms with Crippen LogP contribution in [-0.4, -0.2) is 42.5 Å². The Kier molecular flexibility index (Phi) is 6.23. The minimum atomic E-state index is -3.41. The van der Waals surface area contributed by atoms with E-state index in [1.807, 2.05) is 30.3 Å². The molecule has 2 heterocycles. The van der Waals surface area contributed by atoms with Crippen LogP contribution in [0.2, 0.25) is 0 Å². The van der Waals surface area contributed by atoms with Crippen LogP contribution in [-0.2, 0) is 27.7 Å². The first-order chi connectivity index (χ1) is 12.9. The first-order valence-corrected chi connectivity index (χ1v) is 11.0. The van der Waals surface area contributed by atoms with Crippen molar-refractivity contribution >= 4 is 21.7 Å². The van der Waals surface area contributed by atoms with E-state index in [2.05, 4.69) is 22.4 Å². The number of hydrogen-bond acceptors (Lipinski definition) is 4. The molecule has 1 aromatic heterocycles. The van der Waals surface area contributed by atoms with Crippen LogP contribution in [0.5, 0.6) is 0 Å². The van der Waals surface area contributed by atoms with Crippen LogP contribution in [0.1, 0.15) is 30.4 Å². The lowest BCUT2D eigenvalue weighted by atomic mass is 10.0. The molecule has 0 spiro atoms. The number of sulfonamides is 1. The summed E-state index contributed by atoms with van der Waals surface area (Å²) < 4.78 is 25.2. The zero-order valence-corrected chi connectivity index (χ0v) is 16.3. The summed E-state index contributed by atoms with van der Waals surface area (Å²) in [4.78, 5) is 16.9. The van der Waals surface area contributed by atoms with Gasteiger partial charge in [0.15, 0.2) is 0 Å². The molecular formula is C20H25N3O3S. The minimum absolute atomic E-state index is 0.312. The van der Waals surface area contributed by atoms with Gasteiger partial charge in [0.2, 0.25) is 15.9 Å². The molecule has 6 nitrogen and oxygen atoms in total. The molecule has 2 aromatic rings. The summed E-state index contributed by atoms with van der Waals surface area (Å²) in [7, 11) is -3.41. The van der Waals surface area contributed by atoms with Gasteiger partial charge in [-0.25, -0.2) is 13.4 Å². The molecule has 1 unspecified atom stereocenters. The van der Waals surface area contributed by atoms with Crippen molar-refractivity contribution in [3.8, 4) is 0 Å². The Balaban J connectivity index is 1.65. The highest BCUT2D eigenvalue weighted by Crippen LogP contribution is 2.21. The molecule has 1 aromatic carbocycles. The zero-order chi connectivity index (χ0) is 19.3. The lowest BCUT2D eigenvalue weighted by molar-refractivity contribution is -0.120. The lowest BCUT2D eigenvalue weighted by Crippen LogP contribution is -2.49. The Labute approximate surface area is 160 Å². The highest BCUT2D eigenvalue weighted by molar-refractivity contribution is 7.88. The van der Waals surface area contributed by atoms with Crippen molar-refractivity contribution in [2.75, 3.05) is 18.1 Å². The number of benzene rings is 1. The molecule has 0 radical (unpaired) electrons. The van der Waals surface area contributed by atoms with Crippen LogP contribution in [0.25, 0.3) is 0 Å². The molecule has 1 aliphatic heterocycles. The second-order valence-electron chi connectivity index (χ2n) is 6.91. The molecule has 0 bridgehead atoms. The number of rotatable bonds is 6. The fraction of sp³-hybridized carbons (Fsp3) is 0.400. The molecule has 0 saturated carbocycles. The topological polar surface area (TPSA) is 79.4 Å². The maximum absolute atomic E-state index is 12.7. The summed E-state index contributed by atoms with van der Waals surface area (Å²) in [5, 5.41) is 2.80. The third-order valence-electron chi connectivity index (χ3n) is 4.80. The van der Waals surface area contributed by atoms with Gasteiger partial charge in [-0.15, -0.1) is 0 Å². The van der Waals surface area contributed by atoms with Crippen molar-refractivity contribution in [2.45, 2.75) is 38.1 Å². The van der Waals surface area contributed by atoms with Crippen LogP contribution in [0, 0.1) is 0 Å². The van der Waals surface area contributed by atoms with Gasteiger partial charge in [0, 0.05) is 12.7 Å². The first-order valence-electron chi connectivity index (χ1n) is 9.20. The number of nitrogens with zero attached hydrogens (tertiary/aromatic N) is 2. The number of hydrogen-bond donors (Lipinski definition) is 1. The molecule has 27 heavy (non-hydrogen) atoms. The average Bonchev–Trinajstić information content (AvgIpc) is 2.67. The standard InChI is InChI=1S/C20H25N3O3S/c1-27(25,26)23-14-6-5-9-18(23)20(24)22-19-15-17(12-13-21-19)11-10-16-7-3-2-4-8-16/h2-4,7-8,12-13,15,18H,5-6,9-11,14H2,1H3,(H,21,22,24). The van der Waals surface area contributed by atoms with Crippen LogP contribution < -0.4 is 5.32 Å². The zero-order valence-electron chi connectivity index (χ0n) is 15.5. The van der Waals surface area contributed by atoms with Crippen molar-refractivity contribution in [1.82, 2.24) is 9.29 Å². The molecule has 7 heteroatoms. The third-order valence-corrected chi connectivity index (χ3v) is 6.09. The van der Waals surface area contributed by atoms with E-state index < -0.39 is 16.1 Å². The quantitative estimate of drug-likeness (QED) is 0.826. The van der Waals surface area contributed by atoms with Gasteiger partial charge in [0.25, 0.3) is 0 Å². The molecule has 1 saturated heterocycles. The van der Waals surface area contributed by atoms with E-state index in [0.29, 0.717) is 18.8 Å². The van der Waals surface area contributed by atoms with Crippen molar-refractivity contribution in [3.05, 3.63) is 59.8 Å². The number of piperidine rings is 1. The summed E-state index contributed by atoms with van der Waals surface area (Å²) >= 11 is 0. The highest BCUT2D eigenvalue weighted by Gasteiger charge is 2.34. The van der Waals surface area contributed by atoms with E-state index in [9.17, 15) is 13.2 Å². The highest BCUT2D eigenvalue weighted by atomic mass is 32.2. The molecule has 1 atom stereocenters. The van der Waals surface area contributed by atoms with Crippen LogP contribution >= 0.6 is 0 Å². The largest absolute Gasteiger partial charge is 0.309 e. The van der Waals surface area contributed by atoms with Gasteiger partial charge < -0.3 is 5.32 Å². The summed E-state index contributed by atoms with van der Waals surface area (Å²) in [5.74, 6) is 0.150. The van der Waals surface area contributed by atoms with E-state index in [4.69, 9.17) is 0 Å². The smallest absolute Gasteiger partial charge is 0.243 e. The van der Waals surface area contributed by atoms with Crippen molar-refractivity contribution < 1.29 is 13.2 Å². The van der Waals surface area contributed by atoms with E-state index in [1.165, 1.54) is 9.87 Å². The average molecular weight is 388 g/mol. The Morgan fingerprint density at radius 1 is 1.15 bits per heavy atom. The van der Waals surface area contributed by atoms with E-state index in [0.717, 1.165) is 37.5 Å². The summed E-state index contributed by atoms with van der Waals surface area (Å²) in [6.07, 6.45) is 6.73. The van der Waals surface area contributed by atoms with Gasteiger partial charge in [-0.05, 0) is 48.9 Å². The number of aryl methyl sites for hydroxylation is 2. The van der Waals surface area contributed by atoms with Gasteiger partial charge >= 0.3 is 0 Å². The number of carbonyl (C=O) groups is 1. The number of nitrogens with one attached hydrogen (secondary N) is 1. The molecule has 1 fully saturated rings. The minimum Gasteiger partial charge on any atom is -0.309 e. The Morgan fingerprint density at radius 2 is 1.89 bits per heavy atom. The third kappa shape index (κ3) is 5.37. The van der Waals surface area contributed by atoms with Crippen LogP contribution in [0.3, 0.4) is 0 Å². The van der Waals surface area contributed by atoms with E-state index in [-0.39, 0.29) is 5.91 Å². The number of amides is 1. The maximum atomic E-state index is 12.7. The molecular weight excluding hydrogens is 362 g/mol. The SMILES string of the molecule is CS(=O)(=O)N1CCCCC1C(=O)Nc1cc(CCc2ccccc2)ccn1. The first kappa shape index (κ1) is 19.5. The van der Waals surface area contributed by atoms with Crippen LogP contribution in [0.15, 0.2) is 48.7 Å². The molecule has 0 aliphatic carbocycles. The van der Waals surface area contributed by atoms with Gasteiger partial charge in [-0.1, -0.05) is 36.8 Å². The lowest BCUT2D eigenvalue weighted by Gasteiger charge is -2.32. The second kappa shape index (κ2) is 8.63. The van der Waals surface area contributed by atoms with Crippen molar-refractivity contribution in [2.24, 2.45) is 0 Å². The van der Waals surface area contributed by atoms with Crippen LogP contribution in [0.4, 0.5) is 5.82 Å². The number of aromatic nitrogens is 1. The van der Waals surface area contributed by atoms with Gasteiger partial charge in [-0.2, -0.15) is 4.31 Å². The summed E-state index contributed by atoms with van der Waals surface area (Å²) in [6.45, 7) is 0.390. The maximum Gasteiger partial charge on any atom is 0.243 e. The number of pyridine rings is 1. The van der Waals surface area contributed by atoms with E-state index in [1.54, 1.807) is 6.20 Å². The molecule has 1 aliphatic rings. The Morgan fingerprint density at radius 3 is 2.63 bits per heavy atom. The molecule has 144 valence electrons. The molecule has 1 N–H and O–H groups in total. The monoisotopic (exact) mass is 387 g/mol. The van der Waals surface area contributed by atoms with E-state index >= 15 is 0 Å². The Hall–Kier alpha value is -2.25. The molecule has 1 amide bonds. The van der Waals surface area contributed by atoms with Gasteiger partial charge in [0.05, 0.1) is 6.26 Å². The van der Waals surface area contributed by atoms with Gasteiger partial charge in [-0.3, -0.25) is 4.79 Å². The number of carbonyl (C=O) groups excluding carboxylic acids is 1. The Bertz CT molecular complexity index is 884. The summed E-state index contributed by atoms with van der Waals surface area (Å²) in [6, 6.07) is 13.3. The second-order valence-corrected chi connectivity index (χ2v) is 8.84. The van der Waals surface area contributed by atoms with Crippen molar-refractivity contribution in [3.63, 3.8) is 0 Å². The summed E-state index contributed by atoms with van der Waals surface area (Å²) in [5.41, 5.74) is 2.33. The molecule has 3 rings (SSSR count). The fourth-order valence-corrected chi connectivity index (χ4v) is 4.53. The number of anilines is 1. The van der Waals surface area contributed by atoms with Crippen molar-refractivity contribution in [1.29, 1.82) is 0 Å². The normalized spacial score (nSPS) is 18.2. The predicted molar refractivity (Wildman–Crippen MR) is 106 cm³/mol. The fourth-order valence-electron chi connectivity index (χ4n) is 3.41.